The molecule has 0 amide bonds. The smallest absolute Gasteiger partial charge is 0.744 e. The van der Waals surface area contributed by atoms with Gasteiger partial charge < -0.3 is 99.2 Å². The van der Waals surface area contributed by atoms with E-state index in [1.165, 1.54) is 145 Å². The Labute approximate surface area is 961 Å². The molecule has 31 nitrogen and oxygen atoms in total. The average Bonchev–Trinajstić information content (AvgIpc) is 0.764. The number of allylic oxidation sites excluding steroid dienone is 16. The molecule has 0 spiro atoms. The molecule has 0 atom stereocenters. The van der Waals surface area contributed by atoms with Crippen molar-refractivity contribution in [3.63, 3.8) is 0 Å². The van der Waals surface area contributed by atoms with Crippen molar-refractivity contribution in [3.05, 3.63) is 348 Å². The van der Waals surface area contributed by atoms with Crippen molar-refractivity contribution in [2.75, 3.05) is 0 Å². The van der Waals surface area contributed by atoms with Gasteiger partial charge in [-0.05, 0) is 275 Å². The predicted molar refractivity (Wildman–Crippen MR) is 437 cm³/mol. The zero-order chi connectivity index (χ0) is 93.9. The number of aliphatic hydroxyl groups excluding tert-OH is 1. The number of aliphatic hydroxyl groups is 1. The molecule has 0 saturated heterocycles. The number of phenols is 5. The summed E-state index contributed by atoms with van der Waals surface area (Å²) in [4.78, 5) is 116. The third-order valence-electron chi connectivity index (χ3n) is 18.9. The number of hydrogen-bond acceptors (Lipinski definition) is 30. The van der Waals surface area contributed by atoms with Gasteiger partial charge in [-0.3, -0.25) is 23.7 Å². The van der Waals surface area contributed by atoms with Crippen LogP contribution in [0.1, 0.15) is 113 Å². The Kier molecular flexibility index (Phi) is 49.2. The van der Waals surface area contributed by atoms with Gasteiger partial charge in [-0.1, -0.05) is 101 Å². The van der Waals surface area contributed by atoms with Crippen molar-refractivity contribution in [2.24, 2.45) is 0 Å². The van der Waals surface area contributed by atoms with Gasteiger partial charge in [0, 0.05) is 65.7 Å². The molecule has 4 aliphatic rings. The second-order valence-corrected chi connectivity index (χ2v) is 33.1. The van der Waals surface area contributed by atoms with E-state index in [-0.39, 0.29) is 369 Å². The van der Waals surface area contributed by atoms with Crippen molar-refractivity contribution in [1.82, 2.24) is 0 Å². The van der Waals surface area contributed by atoms with Gasteiger partial charge in [-0.25, -0.2) is 16.8 Å². The number of rotatable bonds is 17. The molecule has 0 heterocycles. The summed E-state index contributed by atoms with van der Waals surface area (Å²) in [5.74, 6) is -16.3. The molecule has 0 radical (unpaired) electrons. The molecular weight excluding hydrogens is 1970 g/mol. The first kappa shape index (κ1) is 126. The van der Waals surface area contributed by atoms with Crippen LogP contribution >= 0.6 is 46.4 Å². The minimum Gasteiger partial charge on any atom is -0.744 e. The molecule has 46 heteroatoms. The first-order valence-electron chi connectivity index (χ1n) is 35.5. The van der Waals surface area contributed by atoms with Gasteiger partial charge in [0.25, 0.3) is 10.1 Å². The minimum atomic E-state index is -5.10. The maximum atomic E-state index is 12.3. The van der Waals surface area contributed by atoms with Gasteiger partial charge in [-0.15, -0.1) is 0 Å². The normalized spacial score (nSPS) is 14.6. The van der Waals surface area contributed by atoms with E-state index in [1.54, 1.807) is 24.3 Å². The van der Waals surface area contributed by atoms with E-state index >= 15 is 0 Å². The number of phenolic OH excluding ortho intramolecular Hbond substituents is 2. The van der Waals surface area contributed by atoms with Crippen LogP contribution in [0.15, 0.2) is 264 Å². The van der Waals surface area contributed by atoms with E-state index in [4.69, 9.17) is 46.4 Å². The van der Waals surface area contributed by atoms with Crippen molar-refractivity contribution in [1.29, 1.82) is 0 Å². The Hall–Kier alpha value is -6.17. The van der Waals surface area contributed by atoms with E-state index in [9.17, 15) is 148 Å². The standard InChI is InChI=1S/C23H16Cl2O9S.C23H16Cl2O6.C23H18O9S.C19H14O7S.8Na/c1-9-5-11(7-13(20(9)26)22(28)29)17(12-6-10(2)21(27)14(8-12)23(30)31)18-15(24)3-4-16(19(18)25)35(32,33)34;1-10-6-12(8-14(20(10)26)22(28)29)18(19-16(24)4-3-5-17(19)25)13-7-11(2)21(27)15(9-13)23(30)31;1-11-7-13(9-16(20(11)24)22(26)27)19(15-5-3-4-6-18(15)33(30,31)32)14-8-12(2)21(25)17(10-14)23(28)29;20-14-7-5-11(9-16(14)22)19(12-6-8-15(21)17(23)10-12)13-3-1-2-4-18(13)27(24,25)26;;;;;;;;/h3-8,26H,1-2H3,(H,28,29)(H,30,31)(H,32,33,34);3-9,26H,1-2H3,(H,28,29)(H,30,31);3-10,24H,1-2H3,(H,26,27)(H,28,29)(H,30,31,32);1-10,20,22-23H,(H,24,25,26);;;;;;;;/q;;;;8*+1/p-8/b;;;19-12+;;;;;;;;. The largest absolute Gasteiger partial charge is 1.00 e. The number of carboxylic acid groups (broad SMARTS) is 6. The third kappa shape index (κ3) is 29.3. The molecule has 0 bridgehead atoms. The molecule has 0 fully saturated rings. The Morgan fingerprint density at radius 1 is 0.321 bits per heavy atom. The number of halogens is 4. The van der Waals surface area contributed by atoms with E-state index < -0.39 is 171 Å². The summed E-state index contributed by atoms with van der Waals surface area (Å²) >= 11 is 25.4. The number of carboxylic acids is 6. The molecule has 4 aliphatic carbocycles. The van der Waals surface area contributed by atoms with Crippen LogP contribution in [0.3, 0.4) is 0 Å². The van der Waals surface area contributed by atoms with Crippen LogP contribution in [0.25, 0.3) is 22.3 Å². The maximum absolute atomic E-state index is 12.3. The number of aryl methyl sites for hydroxylation is 3. The van der Waals surface area contributed by atoms with Crippen LogP contribution in [0.5, 0.6) is 28.7 Å². The summed E-state index contributed by atoms with van der Waals surface area (Å²) in [6, 6.07) is 28.4. The summed E-state index contributed by atoms with van der Waals surface area (Å²) < 4.78 is 104. The fraction of sp³-hybridized carbons (Fsp3) is 0.0682. The van der Waals surface area contributed by atoms with Crippen molar-refractivity contribution >= 4 is 158 Å². The molecule has 0 aliphatic heterocycles. The molecule has 8 aromatic rings. The topological polar surface area (TPSA) is 599 Å². The number of Topliss-reactive ketones (excluding diaryl/α,β-unsaturated/α-hetero) is 3. The summed E-state index contributed by atoms with van der Waals surface area (Å²) in [7, 11) is -14.7. The molecule has 8 aromatic carbocycles. The Balaban J connectivity index is 0.000000879. The van der Waals surface area contributed by atoms with E-state index in [0.717, 1.165) is 60.7 Å². The number of carbonyl (C=O) groups excluding carboxylic acids is 10. The van der Waals surface area contributed by atoms with Crippen LogP contribution in [-0.4, -0.2) is 128 Å². The summed E-state index contributed by atoms with van der Waals surface area (Å²) in [5.41, 5.74) is -1.96. The zero-order valence-corrected chi connectivity index (χ0v) is 94.5. The fourth-order valence-corrected chi connectivity index (χ4v) is 16.5. The van der Waals surface area contributed by atoms with Crippen molar-refractivity contribution in [3.8, 4) is 28.7 Å². The van der Waals surface area contributed by atoms with Gasteiger partial charge >= 0.3 is 236 Å². The van der Waals surface area contributed by atoms with Crippen molar-refractivity contribution < 1.29 is 385 Å². The first-order chi connectivity index (χ1) is 58.7. The minimum absolute atomic E-state index is 0. The van der Waals surface area contributed by atoms with Crippen LogP contribution in [0.2, 0.25) is 20.1 Å². The van der Waals surface area contributed by atoms with E-state index in [0.29, 0.717) is 11.1 Å². The number of aromatic carboxylic acids is 3. The number of aromatic hydroxyl groups is 5. The second kappa shape index (κ2) is 52.4. The van der Waals surface area contributed by atoms with Crippen LogP contribution in [-0.2, 0) is 63.9 Å². The van der Waals surface area contributed by atoms with Gasteiger partial charge in [0.15, 0.2) is 34.6 Å². The van der Waals surface area contributed by atoms with Crippen molar-refractivity contribution in [2.45, 2.75) is 56.2 Å². The van der Waals surface area contributed by atoms with Crippen LogP contribution in [0.4, 0.5) is 0 Å². The van der Waals surface area contributed by atoms with Gasteiger partial charge in [0.2, 0.25) is 5.78 Å². The number of hydrogen-bond donors (Lipinski definition) is 7. The molecule has 12 rings (SSSR count). The zero-order valence-electron chi connectivity index (χ0n) is 73.1. The summed E-state index contributed by atoms with van der Waals surface area (Å²) in [5, 5.41) is 128. The molecule has 7 N–H and O–H groups in total. The van der Waals surface area contributed by atoms with Gasteiger partial charge in [0.05, 0.1) is 55.7 Å². The monoisotopic (exact) mass is 2030 g/mol. The third-order valence-corrected chi connectivity index (χ3v) is 23.1. The average molecular weight is 2030 g/mol. The Morgan fingerprint density at radius 3 is 1.01 bits per heavy atom. The fourth-order valence-electron chi connectivity index (χ4n) is 13.1. The van der Waals surface area contributed by atoms with Gasteiger partial charge in [0.1, 0.15) is 42.4 Å². The predicted octanol–water partition coefficient (Wildman–Crippen LogP) is -17.6. The number of ketones is 4. The van der Waals surface area contributed by atoms with Crippen LogP contribution < -0.4 is 267 Å². The van der Waals surface area contributed by atoms with E-state index in [2.05, 4.69) is 0 Å². The molecule has 134 heavy (non-hydrogen) atoms. The van der Waals surface area contributed by atoms with Crippen LogP contribution in [0, 0.1) is 20.8 Å². The number of aliphatic carboxylic acids is 3. The number of benzene rings is 8. The Bertz CT molecular complexity index is 7020. The summed E-state index contributed by atoms with van der Waals surface area (Å²) in [6.07, 6.45) is 10.6. The van der Waals surface area contributed by atoms with E-state index in [1.807, 2.05) is 0 Å². The molecule has 0 saturated carbocycles. The second-order valence-electron chi connectivity index (χ2n) is 27.4. The molecule has 0 aromatic heterocycles. The SMILES string of the molecule is CC1=CC(=C(c2cc(C)c(O)c(C(=O)[O-])c2)c2c(Cl)ccc(S(=O)(=O)[O-])c2Cl)C=C(C(=O)[O-])C1=O.CC1=CC(=C(c2cc(C)c(O)c(C(=O)[O-])c2)c2c(Cl)cccc2Cl)C=C(C(=O)[O-])C1=O.CC1=CC(=C(c2cc(C)c(O)c(C(=O)[O-])c2)c2ccccc2S(=O)(=O)[O-])C=C(C(=O)[O-])C1=O.O=C1C=C/C(=C(/c2ccc(O)c(O)c2)c2ccccc2S(=O)(=O)O)C=C1O.[Na+].[Na+].[Na+].[Na+].[Na+].[Na+].[Na+].[Na+]. The molecule has 648 valence electrons. The Morgan fingerprint density at radius 2 is 0.657 bits per heavy atom. The quantitative estimate of drug-likeness (QED) is 0.0193. The summed E-state index contributed by atoms with van der Waals surface area (Å²) in [6.45, 7) is 8.34. The maximum Gasteiger partial charge on any atom is 1.00 e. The molecular formula is C88H56Cl4Na8O31S3. The van der Waals surface area contributed by atoms with Gasteiger partial charge in [-0.2, -0.15) is 8.42 Å². The number of carbonyl (C=O) groups is 10. The first-order valence-corrected chi connectivity index (χ1v) is 41.2. The molecule has 0 unspecified atom stereocenters.